The number of carbonyl (C=O) groups is 2. The Labute approximate surface area is 188 Å². The molecule has 0 unspecified atom stereocenters. The minimum absolute atomic E-state index is 0.0884. The molecule has 1 aliphatic heterocycles. The monoisotopic (exact) mass is 456 g/mol. The second kappa shape index (κ2) is 8.38. The predicted octanol–water partition coefficient (Wildman–Crippen LogP) is 3.00. The highest BCUT2D eigenvalue weighted by molar-refractivity contribution is 7.16. The highest BCUT2D eigenvalue weighted by atomic mass is 32.1. The van der Waals surface area contributed by atoms with Gasteiger partial charge in [0.25, 0.3) is 5.91 Å². The van der Waals surface area contributed by atoms with Gasteiger partial charge >= 0.3 is 6.09 Å². The molecule has 11 heteroatoms. The fourth-order valence-corrected chi connectivity index (χ4v) is 4.82. The summed E-state index contributed by atoms with van der Waals surface area (Å²) in [5.41, 5.74) is 1.04. The van der Waals surface area contributed by atoms with Crippen molar-refractivity contribution in [3.63, 3.8) is 0 Å². The van der Waals surface area contributed by atoms with E-state index in [1.807, 2.05) is 11.6 Å². The third-order valence-corrected chi connectivity index (χ3v) is 7.12. The maximum Gasteiger partial charge on any atom is 0.407 e. The van der Waals surface area contributed by atoms with Gasteiger partial charge in [-0.05, 0) is 32.1 Å². The van der Waals surface area contributed by atoms with Crippen molar-refractivity contribution in [1.82, 2.24) is 29.4 Å². The van der Waals surface area contributed by atoms with Gasteiger partial charge < -0.3 is 19.6 Å². The SMILES string of the molecule is CN(C(=O)O)C1CCN(C(=O)c2cc(OC3CCC3)nc(-c3cnn4ccsc34)n2)CC1. The molecule has 32 heavy (non-hydrogen) atoms. The van der Waals surface area contributed by atoms with Crippen LogP contribution in [0.3, 0.4) is 0 Å². The first kappa shape index (κ1) is 20.7. The van der Waals surface area contributed by atoms with Gasteiger partial charge in [-0.2, -0.15) is 10.1 Å². The van der Waals surface area contributed by atoms with Crippen LogP contribution >= 0.6 is 11.3 Å². The van der Waals surface area contributed by atoms with Crippen LogP contribution in [-0.2, 0) is 0 Å². The van der Waals surface area contributed by atoms with E-state index in [1.54, 1.807) is 28.7 Å². The van der Waals surface area contributed by atoms with Gasteiger partial charge in [0.2, 0.25) is 5.88 Å². The van der Waals surface area contributed by atoms with E-state index < -0.39 is 6.09 Å². The number of thiazole rings is 1. The molecule has 2 amide bonds. The van der Waals surface area contributed by atoms with Crippen molar-refractivity contribution in [3.05, 3.63) is 29.5 Å². The predicted molar refractivity (Wildman–Crippen MR) is 117 cm³/mol. The van der Waals surface area contributed by atoms with Crippen molar-refractivity contribution in [2.24, 2.45) is 0 Å². The first-order valence-corrected chi connectivity index (χ1v) is 11.6. The second-order valence-electron chi connectivity index (χ2n) is 8.21. The molecular weight excluding hydrogens is 432 g/mol. The molecule has 0 aromatic carbocycles. The van der Waals surface area contributed by atoms with Crippen LogP contribution in [0.1, 0.15) is 42.6 Å². The molecule has 10 nitrogen and oxygen atoms in total. The second-order valence-corrected chi connectivity index (χ2v) is 9.11. The van der Waals surface area contributed by atoms with E-state index >= 15 is 0 Å². The van der Waals surface area contributed by atoms with Gasteiger partial charge in [-0.25, -0.2) is 14.3 Å². The Morgan fingerprint density at radius 2 is 2.00 bits per heavy atom. The van der Waals surface area contributed by atoms with E-state index in [-0.39, 0.29) is 23.7 Å². The Balaban J connectivity index is 1.41. The van der Waals surface area contributed by atoms with Gasteiger partial charge in [0.15, 0.2) is 5.82 Å². The normalized spacial score (nSPS) is 17.3. The first-order chi connectivity index (χ1) is 15.5. The molecule has 3 aromatic rings. The van der Waals surface area contributed by atoms with Crippen molar-refractivity contribution in [2.75, 3.05) is 20.1 Å². The largest absolute Gasteiger partial charge is 0.474 e. The summed E-state index contributed by atoms with van der Waals surface area (Å²) in [4.78, 5) is 37.6. The third-order valence-electron chi connectivity index (χ3n) is 6.23. The van der Waals surface area contributed by atoms with E-state index in [0.29, 0.717) is 37.6 Å². The van der Waals surface area contributed by atoms with E-state index in [9.17, 15) is 14.7 Å². The van der Waals surface area contributed by atoms with E-state index in [1.165, 1.54) is 16.2 Å². The summed E-state index contributed by atoms with van der Waals surface area (Å²) in [6, 6.07) is 1.53. The highest BCUT2D eigenvalue weighted by Gasteiger charge is 2.29. The fourth-order valence-electron chi connectivity index (χ4n) is 4.03. The first-order valence-electron chi connectivity index (χ1n) is 10.7. The van der Waals surface area contributed by atoms with E-state index in [0.717, 1.165) is 29.7 Å². The van der Waals surface area contributed by atoms with Gasteiger partial charge in [0.05, 0.1) is 11.8 Å². The Hall–Kier alpha value is -3.21. The molecule has 2 aliphatic rings. The molecule has 5 rings (SSSR count). The molecule has 1 N–H and O–H groups in total. The van der Waals surface area contributed by atoms with Gasteiger partial charge in [0.1, 0.15) is 16.6 Å². The summed E-state index contributed by atoms with van der Waals surface area (Å²) >= 11 is 1.53. The number of nitrogens with zero attached hydrogens (tertiary/aromatic N) is 6. The van der Waals surface area contributed by atoms with Gasteiger partial charge in [-0.1, -0.05) is 0 Å². The summed E-state index contributed by atoms with van der Waals surface area (Å²) in [6.45, 7) is 0.949. The number of rotatable bonds is 5. The van der Waals surface area contributed by atoms with E-state index in [2.05, 4.69) is 15.1 Å². The number of aromatic nitrogens is 4. The summed E-state index contributed by atoms with van der Waals surface area (Å²) in [6.07, 6.45) is 7.03. The molecular formula is C21H24N6O4S. The van der Waals surface area contributed by atoms with Crippen LogP contribution < -0.4 is 4.74 Å². The van der Waals surface area contributed by atoms with Crippen LogP contribution in [0.15, 0.2) is 23.8 Å². The Morgan fingerprint density at radius 3 is 2.69 bits per heavy atom. The molecule has 4 heterocycles. The molecule has 1 saturated carbocycles. The van der Waals surface area contributed by atoms with Crippen LogP contribution in [0.25, 0.3) is 16.2 Å². The minimum atomic E-state index is -0.950. The molecule has 1 saturated heterocycles. The van der Waals surface area contributed by atoms with Crippen LogP contribution in [0.2, 0.25) is 0 Å². The van der Waals surface area contributed by atoms with Gasteiger partial charge in [-0.15, -0.1) is 11.3 Å². The Kier molecular flexibility index (Phi) is 5.41. The summed E-state index contributed by atoms with van der Waals surface area (Å²) in [7, 11) is 1.57. The molecule has 1 aliphatic carbocycles. The standard InChI is InChI=1S/C21H24N6O4S/c1-25(21(29)30)13-5-7-26(8-6-13)19(28)16-11-17(31-14-3-2-4-14)24-18(23-16)15-12-22-27-9-10-32-20(15)27/h9-14H,2-8H2,1H3,(H,29,30). The zero-order chi connectivity index (χ0) is 22.2. The lowest BCUT2D eigenvalue weighted by atomic mass is 9.96. The van der Waals surface area contributed by atoms with Crippen molar-refractivity contribution in [3.8, 4) is 17.3 Å². The van der Waals surface area contributed by atoms with Crippen molar-refractivity contribution >= 4 is 28.2 Å². The maximum atomic E-state index is 13.3. The molecule has 0 atom stereocenters. The quantitative estimate of drug-likeness (QED) is 0.628. The maximum absolute atomic E-state index is 13.3. The number of hydrogen-bond acceptors (Lipinski definition) is 7. The number of hydrogen-bond donors (Lipinski definition) is 1. The third kappa shape index (κ3) is 3.88. The average Bonchev–Trinajstić information content (AvgIpc) is 3.39. The summed E-state index contributed by atoms with van der Waals surface area (Å²) < 4.78 is 7.78. The molecule has 168 valence electrons. The number of likely N-dealkylation sites (tertiary alicyclic amines) is 1. The number of ether oxygens (including phenoxy) is 1. The minimum Gasteiger partial charge on any atom is -0.474 e. The van der Waals surface area contributed by atoms with Crippen LogP contribution in [-0.4, -0.2) is 78.8 Å². The lowest BCUT2D eigenvalue weighted by Gasteiger charge is -2.35. The van der Waals surface area contributed by atoms with Crippen molar-refractivity contribution < 1.29 is 19.4 Å². The molecule has 0 bridgehead atoms. The van der Waals surface area contributed by atoms with Crippen molar-refractivity contribution in [2.45, 2.75) is 44.2 Å². The zero-order valence-electron chi connectivity index (χ0n) is 17.7. The summed E-state index contributed by atoms with van der Waals surface area (Å²) in [5, 5.41) is 15.5. The number of amides is 2. The Bertz CT molecular complexity index is 1150. The Morgan fingerprint density at radius 1 is 1.22 bits per heavy atom. The molecule has 0 spiro atoms. The molecule has 2 fully saturated rings. The summed E-state index contributed by atoms with van der Waals surface area (Å²) in [5.74, 6) is 0.626. The lowest BCUT2D eigenvalue weighted by molar-refractivity contribution is 0.0636. The van der Waals surface area contributed by atoms with Crippen LogP contribution in [0.5, 0.6) is 5.88 Å². The van der Waals surface area contributed by atoms with Gasteiger partial charge in [-0.3, -0.25) is 4.79 Å². The van der Waals surface area contributed by atoms with Crippen LogP contribution in [0.4, 0.5) is 4.79 Å². The lowest BCUT2D eigenvalue weighted by Crippen LogP contribution is -2.47. The molecule has 3 aromatic heterocycles. The smallest absolute Gasteiger partial charge is 0.407 e. The molecule has 0 radical (unpaired) electrons. The average molecular weight is 457 g/mol. The number of carboxylic acid groups (broad SMARTS) is 1. The number of fused-ring (bicyclic) bond motifs is 1. The van der Waals surface area contributed by atoms with E-state index in [4.69, 9.17) is 4.74 Å². The van der Waals surface area contributed by atoms with Crippen LogP contribution in [0, 0.1) is 0 Å². The topological polar surface area (TPSA) is 113 Å². The fraction of sp³-hybridized carbons (Fsp3) is 0.476. The zero-order valence-corrected chi connectivity index (χ0v) is 18.5. The van der Waals surface area contributed by atoms with Gasteiger partial charge in [0, 0.05) is 43.8 Å². The highest BCUT2D eigenvalue weighted by Crippen LogP contribution is 2.30. The van der Waals surface area contributed by atoms with Crippen molar-refractivity contribution in [1.29, 1.82) is 0 Å². The number of piperidine rings is 1. The number of carbonyl (C=O) groups excluding carboxylic acids is 1.